The van der Waals surface area contributed by atoms with E-state index in [0.29, 0.717) is 49.9 Å². The monoisotopic (exact) mass is 364 g/mol. The van der Waals surface area contributed by atoms with E-state index in [1.165, 1.54) is 0 Å². The second-order valence-electron chi connectivity index (χ2n) is 6.11. The lowest BCUT2D eigenvalue weighted by molar-refractivity contribution is 0.117. The quantitative estimate of drug-likeness (QED) is 0.820. The van der Waals surface area contributed by atoms with Gasteiger partial charge in [0.15, 0.2) is 16.6 Å². The van der Waals surface area contributed by atoms with Gasteiger partial charge in [-0.15, -0.1) is 0 Å². The van der Waals surface area contributed by atoms with E-state index < -0.39 is 6.09 Å². The second-order valence-corrected chi connectivity index (χ2v) is 7.12. The molecule has 1 atom stereocenters. The first-order valence-electron chi connectivity index (χ1n) is 8.21. The molecule has 2 saturated heterocycles. The normalized spacial score (nSPS) is 21.0. The second kappa shape index (κ2) is 6.52. The number of nitrogens with zero attached hydrogens (tertiary/aromatic N) is 4. The number of anilines is 3. The first kappa shape index (κ1) is 16.2. The Labute approximate surface area is 148 Å². The van der Waals surface area contributed by atoms with Crippen molar-refractivity contribution < 1.29 is 14.3 Å². The Bertz CT molecular complexity index is 791. The molecule has 25 heavy (non-hydrogen) atoms. The van der Waals surface area contributed by atoms with Crippen LogP contribution in [0.4, 0.5) is 21.4 Å². The fourth-order valence-corrected chi connectivity index (χ4v) is 4.19. The van der Waals surface area contributed by atoms with Gasteiger partial charge in [0.05, 0.1) is 30.1 Å². The zero-order valence-corrected chi connectivity index (χ0v) is 14.5. The van der Waals surface area contributed by atoms with Gasteiger partial charge >= 0.3 is 6.09 Å². The van der Waals surface area contributed by atoms with Gasteiger partial charge < -0.3 is 30.7 Å². The van der Waals surface area contributed by atoms with Crippen LogP contribution in [-0.2, 0) is 9.47 Å². The number of hydrogen-bond acceptors (Lipinski definition) is 9. The van der Waals surface area contributed by atoms with Crippen LogP contribution in [0.5, 0.6) is 0 Å². The van der Waals surface area contributed by atoms with E-state index in [2.05, 4.69) is 14.9 Å². The number of carbonyl (C=O) groups is 1. The number of fused-ring (bicyclic) bond motifs is 1. The summed E-state index contributed by atoms with van der Waals surface area (Å²) in [5.74, 6) is 0.682. The number of carbonyl (C=O) groups excluding carboxylic acids is 1. The molecular weight excluding hydrogens is 344 g/mol. The maximum absolute atomic E-state index is 10.9. The number of pyridine rings is 1. The Balaban J connectivity index is 1.58. The van der Waals surface area contributed by atoms with Gasteiger partial charge in [-0.05, 0) is 6.07 Å². The zero-order chi connectivity index (χ0) is 17.4. The lowest BCUT2D eigenvalue weighted by Crippen LogP contribution is -2.36. The van der Waals surface area contributed by atoms with Gasteiger partial charge in [0.25, 0.3) is 0 Å². The number of rotatable bonds is 3. The number of amides is 1. The fourth-order valence-electron chi connectivity index (χ4n) is 3.18. The van der Waals surface area contributed by atoms with Gasteiger partial charge in [0.1, 0.15) is 6.10 Å². The third-order valence-corrected chi connectivity index (χ3v) is 5.44. The number of ether oxygens (including phenoxy) is 2. The Kier molecular flexibility index (Phi) is 4.22. The summed E-state index contributed by atoms with van der Waals surface area (Å²) in [5, 5.41) is 0.943. The molecule has 4 N–H and O–H groups in total. The van der Waals surface area contributed by atoms with Gasteiger partial charge in [-0.3, -0.25) is 0 Å². The van der Waals surface area contributed by atoms with Crippen LogP contribution < -0.4 is 21.3 Å². The summed E-state index contributed by atoms with van der Waals surface area (Å²) < 4.78 is 11.4. The Morgan fingerprint density at radius 2 is 2.08 bits per heavy atom. The van der Waals surface area contributed by atoms with E-state index in [1.54, 1.807) is 11.3 Å². The van der Waals surface area contributed by atoms with Crippen molar-refractivity contribution in [2.45, 2.75) is 12.5 Å². The molecule has 2 aliphatic rings. The summed E-state index contributed by atoms with van der Waals surface area (Å²) >= 11 is 1.59. The van der Waals surface area contributed by atoms with Crippen LogP contribution in [-0.4, -0.2) is 61.6 Å². The molecule has 2 aliphatic heterocycles. The lowest BCUT2D eigenvalue weighted by atomic mass is 10.3. The van der Waals surface area contributed by atoms with Crippen LogP contribution >= 0.6 is 11.3 Å². The molecule has 2 fully saturated rings. The van der Waals surface area contributed by atoms with Crippen LogP contribution in [0, 0.1) is 0 Å². The Morgan fingerprint density at radius 1 is 1.28 bits per heavy atom. The van der Waals surface area contributed by atoms with Crippen molar-refractivity contribution >= 4 is 44.4 Å². The highest BCUT2D eigenvalue weighted by Crippen LogP contribution is 2.34. The van der Waals surface area contributed by atoms with Gasteiger partial charge in [-0.25, -0.2) is 9.78 Å². The largest absolute Gasteiger partial charge is 0.444 e. The van der Waals surface area contributed by atoms with Crippen molar-refractivity contribution in [3.63, 3.8) is 0 Å². The number of nitrogen functional groups attached to an aromatic ring is 1. The topological polar surface area (TPSA) is 120 Å². The minimum Gasteiger partial charge on any atom is -0.444 e. The van der Waals surface area contributed by atoms with Gasteiger partial charge in [-0.1, -0.05) is 11.3 Å². The van der Waals surface area contributed by atoms with Crippen molar-refractivity contribution in [1.29, 1.82) is 0 Å². The van der Waals surface area contributed by atoms with E-state index in [0.717, 1.165) is 22.9 Å². The van der Waals surface area contributed by atoms with Crippen LogP contribution in [0.15, 0.2) is 6.07 Å². The molecule has 0 aromatic carbocycles. The molecule has 10 heteroatoms. The third-order valence-electron chi connectivity index (χ3n) is 4.39. The SMILES string of the molecule is NC(=O)OC1CCN(c2nc3nc(N4CCOCC4)sc3cc2N)C1. The van der Waals surface area contributed by atoms with Gasteiger partial charge in [0.2, 0.25) is 0 Å². The zero-order valence-electron chi connectivity index (χ0n) is 13.7. The van der Waals surface area contributed by atoms with E-state index in [-0.39, 0.29) is 6.10 Å². The predicted octanol–water partition coefficient (Wildman–Crippen LogP) is 0.784. The number of nitrogens with two attached hydrogens (primary N) is 2. The molecule has 4 heterocycles. The summed E-state index contributed by atoms with van der Waals surface area (Å²) in [6.07, 6.45) is -0.273. The molecular formula is C15H20N6O3S. The smallest absolute Gasteiger partial charge is 0.404 e. The summed E-state index contributed by atoms with van der Waals surface area (Å²) in [6.45, 7) is 4.34. The van der Waals surface area contributed by atoms with E-state index in [4.69, 9.17) is 20.9 Å². The predicted molar refractivity (Wildman–Crippen MR) is 96.1 cm³/mol. The number of morpholine rings is 1. The minimum atomic E-state index is -0.752. The summed E-state index contributed by atoms with van der Waals surface area (Å²) in [7, 11) is 0. The molecule has 0 radical (unpaired) electrons. The minimum absolute atomic E-state index is 0.228. The van der Waals surface area contributed by atoms with E-state index >= 15 is 0 Å². The highest BCUT2D eigenvalue weighted by atomic mass is 32.1. The Hall–Kier alpha value is -2.33. The number of aromatic nitrogens is 2. The van der Waals surface area contributed by atoms with Crippen LogP contribution in [0.25, 0.3) is 10.3 Å². The number of hydrogen-bond donors (Lipinski definition) is 2. The number of primary amides is 1. The standard InChI is InChI=1S/C15H20N6O3S/c16-10-7-11-12(19-15(25-11)20-3-5-23-6-4-20)18-13(10)21-2-1-9(8-21)24-14(17)22/h7,9H,1-6,8,16H2,(H2,17,22). The van der Waals surface area contributed by atoms with Crippen molar-refractivity contribution in [2.24, 2.45) is 5.73 Å². The molecule has 0 saturated carbocycles. The van der Waals surface area contributed by atoms with Crippen LogP contribution in [0.1, 0.15) is 6.42 Å². The molecule has 0 spiro atoms. The highest BCUT2D eigenvalue weighted by molar-refractivity contribution is 7.22. The molecule has 1 amide bonds. The van der Waals surface area contributed by atoms with Crippen LogP contribution in [0.3, 0.4) is 0 Å². The van der Waals surface area contributed by atoms with Gasteiger partial charge in [-0.2, -0.15) is 4.98 Å². The van der Waals surface area contributed by atoms with Gasteiger partial charge in [0, 0.05) is 26.1 Å². The number of thiazole rings is 1. The molecule has 2 aromatic rings. The fraction of sp³-hybridized carbons (Fsp3) is 0.533. The maximum atomic E-state index is 10.9. The molecule has 0 aliphatic carbocycles. The lowest BCUT2D eigenvalue weighted by Gasteiger charge is -2.25. The van der Waals surface area contributed by atoms with Crippen molar-refractivity contribution in [1.82, 2.24) is 9.97 Å². The molecule has 9 nitrogen and oxygen atoms in total. The summed E-state index contributed by atoms with van der Waals surface area (Å²) in [5.41, 5.74) is 12.6. The summed E-state index contributed by atoms with van der Waals surface area (Å²) in [6, 6.07) is 1.92. The van der Waals surface area contributed by atoms with E-state index in [9.17, 15) is 4.79 Å². The summed E-state index contributed by atoms with van der Waals surface area (Å²) in [4.78, 5) is 24.5. The molecule has 1 unspecified atom stereocenters. The molecule has 4 rings (SSSR count). The molecule has 0 bridgehead atoms. The molecule has 2 aromatic heterocycles. The van der Waals surface area contributed by atoms with E-state index in [1.807, 2.05) is 11.0 Å². The molecule has 134 valence electrons. The first-order valence-corrected chi connectivity index (χ1v) is 9.02. The van der Waals surface area contributed by atoms with Crippen molar-refractivity contribution in [3.8, 4) is 0 Å². The third kappa shape index (κ3) is 3.27. The average Bonchev–Trinajstić information content (AvgIpc) is 3.20. The van der Waals surface area contributed by atoms with Crippen LogP contribution in [0.2, 0.25) is 0 Å². The first-order chi connectivity index (χ1) is 12.1. The maximum Gasteiger partial charge on any atom is 0.404 e. The Morgan fingerprint density at radius 3 is 2.84 bits per heavy atom. The average molecular weight is 364 g/mol. The van der Waals surface area contributed by atoms with Crippen molar-refractivity contribution in [3.05, 3.63) is 6.07 Å². The van der Waals surface area contributed by atoms with Crippen molar-refractivity contribution in [2.75, 3.05) is 54.9 Å². The highest BCUT2D eigenvalue weighted by Gasteiger charge is 2.28.